The van der Waals surface area contributed by atoms with Crippen LogP contribution in [0.4, 0.5) is 10.1 Å². The molecule has 2 aromatic carbocycles. The number of anilines is 1. The van der Waals surface area contributed by atoms with Crippen molar-refractivity contribution in [1.29, 1.82) is 0 Å². The van der Waals surface area contributed by atoms with E-state index in [2.05, 4.69) is 11.6 Å². The van der Waals surface area contributed by atoms with E-state index in [1.165, 1.54) is 44.8 Å². The number of hydrogen-bond donors (Lipinski definition) is 0. The highest BCUT2D eigenvalue weighted by Gasteiger charge is 2.47. The summed E-state index contributed by atoms with van der Waals surface area (Å²) in [6, 6.07) is 14.8. The van der Waals surface area contributed by atoms with Crippen LogP contribution in [0.3, 0.4) is 0 Å². The zero-order valence-corrected chi connectivity index (χ0v) is 18.9. The first-order chi connectivity index (χ1) is 16.4. The monoisotopic (exact) mass is 459 g/mol. The van der Waals surface area contributed by atoms with E-state index in [0.717, 1.165) is 10.5 Å². The minimum absolute atomic E-state index is 0.235. The second-order valence-corrected chi connectivity index (χ2v) is 7.94. The SMILES string of the molecule is C=CN1c2cc(OC)c(-c3cnco3)c(-c3ccc(-c4ccccc4)o3)c2C(=O)N(C)C1(C)F. The first-order valence-electron chi connectivity index (χ1n) is 10.6. The summed E-state index contributed by atoms with van der Waals surface area (Å²) in [4.78, 5) is 19.9. The highest BCUT2D eigenvalue weighted by Crippen LogP contribution is 2.50. The van der Waals surface area contributed by atoms with E-state index in [1.54, 1.807) is 12.1 Å². The van der Waals surface area contributed by atoms with Gasteiger partial charge in [0.15, 0.2) is 12.2 Å². The Labute approximate surface area is 195 Å². The number of methoxy groups -OCH3 is 1. The number of rotatable bonds is 5. The molecule has 1 unspecified atom stereocenters. The fourth-order valence-corrected chi connectivity index (χ4v) is 4.27. The fraction of sp³-hybridized carbons (Fsp3) is 0.154. The van der Waals surface area contributed by atoms with Crippen molar-refractivity contribution < 1.29 is 22.8 Å². The van der Waals surface area contributed by atoms with Crippen molar-refractivity contribution in [3.8, 4) is 39.7 Å². The lowest BCUT2D eigenvalue weighted by Crippen LogP contribution is -2.58. The van der Waals surface area contributed by atoms with Gasteiger partial charge in [-0.05, 0) is 12.1 Å². The highest BCUT2D eigenvalue weighted by molar-refractivity contribution is 6.11. The van der Waals surface area contributed by atoms with Gasteiger partial charge < -0.3 is 13.6 Å². The Morgan fingerprint density at radius 2 is 1.82 bits per heavy atom. The summed E-state index contributed by atoms with van der Waals surface area (Å²) in [7, 11) is 2.90. The van der Waals surface area contributed by atoms with Crippen LogP contribution >= 0.6 is 0 Å². The van der Waals surface area contributed by atoms with Crippen molar-refractivity contribution in [1.82, 2.24) is 9.88 Å². The average Bonchev–Trinajstić information content (AvgIpc) is 3.55. The molecule has 8 heteroatoms. The third-order valence-electron chi connectivity index (χ3n) is 6.09. The van der Waals surface area contributed by atoms with Crippen LogP contribution in [0.1, 0.15) is 17.3 Å². The van der Waals surface area contributed by atoms with Crippen molar-refractivity contribution in [2.45, 2.75) is 12.8 Å². The maximum absolute atomic E-state index is 15.7. The molecule has 0 bridgehead atoms. The number of nitrogens with zero attached hydrogens (tertiary/aromatic N) is 3. The summed E-state index contributed by atoms with van der Waals surface area (Å²) in [5.74, 6) is -0.907. The lowest BCUT2D eigenvalue weighted by Gasteiger charge is -2.45. The molecule has 0 N–H and O–H groups in total. The summed E-state index contributed by atoms with van der Waals surface area (Å²) < 4.78 is 33.2. The molecule has 34 heavy (non-hydrogen) atoms. The summed E-state index contributed by atoms with van der Waals surface area (Å²) in [6.45, 7) is 5.07. The quantitative estimate of drug-likeness (QED) is 0.343. The predicted octanol–water partition coefficient (Wildman–Crippen LogP) is 5.96. The lowest BCUT2D eigenvalue weighted by molar-refractivity contribution is 0.00544. The van der Waals surface area contributed by atoms with Crippen LogP contribution in [0, 0.1) is 0 Å². The number of aromatic nitrogens is 1. The van der Waals surface area contributed by atoms with Gasteiger partial charge in [0, 0.05) is 37.4 Å². The summed E-state index contributed by atoms with van der Waals surface area (Å²) >= 11 is 0. The number of hydrogen-bond acceptors (Lipinski definition) is 6. The first-order valence-corrected chi connectivity index (χ1v) is 10.6. The Morgan fingerprint density at radius 3 is 2.47 bits per heavy atom. The number of benzene rings is 2. The van der Waals surface area contributed by atoms with Crippen LogP contribution in [0.5, 0.6) is 5.75 Å². The third-order valence-corrected chi connectivity index (χ3v) is 6.09. The maximum Gasteiger partial charge on any atom is 0.263 e. The molecule has 0 spiro atoms. The fourth-order valence-electron chi connectivity index (χ4n) is 4.27. The van der Waals surface area contributed by atoms with Crippen LogP contribution in [0.15, 0.2) is 82.7 Å². The molecule has 5 rings (SSSR count). The molecule has 1 aliphatic heterocycles. The molecule has 3 heterocycles. The van der Waals surface area contributed by atoms with E-state index >= 15 is 4.39 Å². The van der Waals surface area contributed by atoms with E-state index in [1.807, 2.05) is 36.4 Å². The van der Waals surface area contributed by atoms with Crippen LogP contribution in [0.2, 0.25) is 0 Å². The van der Waals surface area contributed by atoms with Gasteiger partial charge in [-0.1, -0.05) is 36.9 Å². The van der Waals surface area contributed by atoms with Crippen LogP contribution in [-0.2, 0) is 0 Å². The molecule has 0 saturated heterocycles. The molecule has 2 aromatic heterocycles. The number of alkyl halides is 1. The van der Waals surface area contributed by atoms with Gasteiger partial charge in [0.2, 0.25) is 0 Å². The second kappa shape index (κ2) is 7.91. The normalized spacial score (nSPS) is 17.6. The van der Waals surface area contributed by atoms with Crippen molar-refractivity contribution >= 4 is 11.6 Å². The summed E-state index contributed by atoms with van der Waals surface area (Å²) in [5, 5.41) is 0. The van der Waals surface area contributed by atoms with E-state index < -0.39 is 11.8 Å². The largest absolute Gasteiger partial charge is 0.496 e. The topological polar surface area (TPSA) is 72.0 Å². The molecular formula is C26H22FN3O4. The van der Waals surface area contributed by atoms with Crippen molar-refractivity contribution in [2.75, 3.05) is 19.1 Å². The number of furan rings is 1. The Kier molecular flexibility index (Phi) is 5.01. The molecule has 4 aromatic rings. The number of fused-ring (bicyclic) bond motifs is 1. The number of oxazole rings is 1. The van der Waals surface area contributed by atoms with E-state index in [0.29, 0.717) is 39.8 Å². The third kappa shape index (κ3) is 3.10. The minimum atomic E-state index is -2.14. The average molecular weight is 459 g/mol. The van der Waals surface area contributed by atoms with Gasteiger partial charge in [0.25, 0.3) is 11.8 Å². The predicted molar refractivity (Wildman–Crippen MR) is 126 cm³/mol. The van der Waals surface area contributed by atoms with Gasteiger partial charge in [-0.2, -0.15) is 4.39 Å². The standard InChI is InChI=1S/C26H22FN3O4/c1-5-30-17-13-20(32-4)23(21-14-28-15-33-21)24(22(17)25(31)29(3)26(30,2)27)19-12-11-18(34-19)16-9-7-6-8-10-16/h5-15H,1H2,2-4H3. The van der Waals surface area contributed by atoms with E-state index in [9.17, 15) is 4.79 Å². The van der Waals surface area contributed by atoms with Crippen molar-refractivity contribution in [3.05, 3.63) is 79.5 Å². The lowest BCUT2D eigenvalue weighted by atomic mass is 9.91. The number of halogens is 1. The highest BCUT2D eigenvalue weighted by atomic mass is 19.2. The van der Waals surface area contributed by atoms with Gasteiger partial charge in [-0.15, -0.1) is 0 Å². The van der Waals surface area contributed by atoms with Gasteiger partial charge in [-0.25, -0.2) is 4.98 Å². The van der Waals surface area contributed by atoms with Crippen LogP contribution in [0.25, 0.3) is 34.0 Å². The van der Waals surface area contributed by atoms with Gasteiger partial charge in [0.1, 0.15) is 17.3 Å². The molecule has 1 aliphatic rings. The van der Waals surface area contributed by atoms with Gasteiger partial charge >= 0.3 is 0 Å². The molecule has 0 aliphatic carbocycles. The van der Waals surface area contributed by atoms with Gasteiger partial charge in [-0.3, -0.25) is 14.6 Å². The Bertz CT molecular complexity index is 1380. The zero-order chi connectivity index (χ0) is 24.0. The summed E-state index contributed by atoms with van der Waals surface area (Å²) in [5.41, 5.74) is 2.29. The Hall–Kier alpha value is -4.33. The molecule has 0 fully saturated rings. The molecule has 1 amide bonds. The minimum Gasteiger partial charge on any atom is -0.496 e. The number of ether oxygens (including phenoxy) is 1. The van der Waals surface area contributed by atoms with Crippen molar-refractivity contribution in [3.63, 3.8) is 0 Å². The van der Waals surface area contributed by atoms with Crippen molar-refractivity contribution in [2.24, 2.45) is 0 Å². The maximum atomic E-state index is 15.7. The molecule has 7 nitrogen and oxygen atoms in total. The number of carbonyl (C=O) groups excluding carboxylic acids is 1. The second-order valence-electron chi connectivity index (χ2n) is 7.94. The molecule has 172 valence electrons. The number of amides is 1. The Morgan fingerprint density at radius 1 is 1.09 bits per heavy atom. The van der Waals surface area contributed by atoms with Crippen LogP contribution < -0.4 is 9.64 Å². The smallest absolute Gasteiger partial charge is 0.263 e. The van der Waals surface area contributed by atoms with E-state index in [-0.39, 0.29) is 5.56 Å². The summed E-state index contributed by atoms with van der Waals surface area (Å²) in [6.07, 6.45) is 4.16. The molecular weight excluding hydrogens is 437 g/mol. The Balaban J connectivity index is 1.86. The molecule has 0 radical (unpaired) electrons. The van der Waals surface area contributed by atoms with E-state index in [4.69, 9.17) is 13.6 Å². The first kappa shape index (κ1) is 21.5. The molecule has 0 saturated carbocycles. The van der Waals surface area contributed by atoms with Crippen LogP contribution in [-0.4, -0.2) is 35.9 Å². The van der Waals surface area contributed by atoms with Gasteiger partial charge in [0.05, 0.1) is 30.1 Å². The zero-order valence-electron chi connectivity index (χ0n) is 18.9. The number of carbonyl (C=O) groups is 1. The molecule has 1 atom stereocenters.